The SMILES string of the molecule is CC(C)OC(=S)[S-].[CH3+]. The van der Waals surface area contributed by atoms with Crippen LogP contribution in [0.4, 0.5) is 0 Å². The van der Waals surface area contributed by atoms with Gasteiger partial charge < -0.3 is 29.6 Å². The minimum Gasteiger partial charge on any atom is -0.511 e. The molecule has 1 nitrogen and oxygen atoms in total. The van der Waals surface area contributed by atoms with Crippen molar-refractivity contribution in [2.24, 2.45) is 0 Å². The molecule has 0 aromatic heterocycles. The van der Waals surface area contributed by atoms with E-state index < -0.39 is 0 Å². The quantitative estimate of drug-likeness (QED) is 0.320. The number of thiocarbonyl (C=S) groups is 1. The largest absolute Gasteiger partial charge is 0.511 e. The van der Waals surface area contributed by atoms with E-state index in [1.165, 1.54) is 0 Å². The van der Waals surface area contributed by atoms with E-state index in [0.717, 1.165) is 0 Å². The molecule has 0 aromatic carbocycles. The summed E-state index contributed by atoms with van der Waals surface area (Å²) in [6.45, 7) is 3.78. The number of rotatable bonds is 1. The molecule has 0 unspecified atom stereocenters. The fourth-order valence-electron chi connectivity index (χ4n) is 0.192. The van der Waals surface area contributed by atoms with Crippen molar-refractivity contribution < 1.29 is 4.74 Å². The van der Waals surface area contributed by atoms with Crippen molar-refractivity contribution in [1.29, 1.82) is 0 Å². The predicted octanol–water partition coefficient (Wildman–Crippen LogP) is 1.69. The first kappa shape index (κ1) is 10.9. The summed E-state index contributed by atoms with van der Waals surface area (Å²) in [5.41, 5.74) is 0. The van der Waals surface area contributed by atoms with Gasteiger partial charge in [0.25, 0.3) is 0 Å². The first-order chi connectivity index (χ1) is 3.13. The molecule has 0 saturated heterocycles. The zero-order chi connectivity index (χ0) is 5.86. The Hall–Kier alpha value is -0.0200. The molecule has 0 aliphatic carbocycles. The summed E-state index contributed by atoms with van der Waals surface area (Å²) in [5.74, 6) is 0. The Morgan fingerprint density at radius 1 is 1.62 bits per heavy atom. The van der Waals surface area contributed by atoms with E-state index in [4.69, 9.17) is 4.74 Å². The zero-order valence-electron chi connectivity index (χ0n) is 5.30. The smallest absolute Gasteiger partial charge is 0.0907 e. The van der Waals surface area contributed by atoms with E-state index in [-0.39, 0.29) is 17.9 Å². The van der Waals surface area contributed by atoms with Gasteiger partial charge in [-0.15, -0.1) is 0 Å². The maximum absolute atomic E-state index is 4.80. The molecule has 0 atom stereocenters. The molecule has 48 valence electrons. The first-order valence-corrected chi connectivity index (χ1v) is 2.82. The number of ether oxygens (including phenoxy) is 1. The van der Waals surface area contributed by atoms with Crippen molar-refractivity contribution in [1.82, 2.24) is 0 Å². The lowest BCUT2D eigenvalue weighted by Gasteiger charge is -2.11. The highest BCUT2D eigenvalue weighted by Gasteiger charge is 1.84. The van der Waals surface area contributed by atoms with Crippen LogP contribution in [0.2, 0.25) is 0 Å². The van der Waals surface area contributed by atoms with Crippen LogP contribution < -0.4 is 0 Å². The summed E-state index contributed by atoms with van der Waals surface area (Å²) in [6.07, 6.45) is 0.130. The normalized spacial score (nSPS) is 7.88. The third kappa shape index (κ3) is 9.36. The summed E-state index contributed by atoms with van der Waals surface area (Å²) < 4.78 is 5.00. The van der Waals surface area contributed by atoms with Gasteiger partial charge in [-0.25, -0.2) is 0 Å². The van der Waals surface area contributed by atoms with Gasteiger partial charge >= 0.3 is 0 Å². The molecule has 0 rings (SSSR count). The van der Waals surface area contributed by atoms with Gasteiger partial charge in [0.15, 0.2) is 0 Å². The lowest BCUT2D eigenvalue weighted by molar-refractivity contribution is 0.243. The Bertz CT molecular complexity index is 70.8. The average Bonchev–Trinajstić information content (AvgIpc) is 1.27. The van der Waals surface area contributed by atoms with Crippen LogP contribution in [0.3, 0.4) is 0 Å². The van der Waals surface area contributed by atoms with Crippen molar-refractivity contribution in [3.63, 3.8) is 0 Å². The molecule has 0 fully saturated rings. The van der Waals surface area contributed by atoms with E-state index in [1.807, 2.05) is 13.8 Å². The maximum atomic E-state index is 4.80. The highest BCUT2D eigenvalue weighted by Crippen LogP contribution is 1.87. The second-order valence-corrected chi connectivity index (χ2v) is 2.42. The van der Waals surface area contributed by atoms with Gasteiger partial charge in [0.05, 0.1) is 6.10 Å². The maximum Gasteiger partial charge on any atom is 0.0907 e. The third-order valence-corrected chi connectivity index (χ3v) is 0.524. The molecule has 0 aliphatic rings. The van der Waals surface area contributed by atoms with Crippen LogP contribution in [0.25, 0.3) is 0 Å². The Kier molecular flexibility index (Phi) is 6.96. The molecule has 0 radical (unpaired) electrons. The fraction of sp³-hybridized carbons (Fsp3) is 0.600. The monoisotopic (exact) mass is 150 g/mol. The fourth-order valence-corrected chi connectivity index (χ4v) is 0.577. The second kappa shape index (κ2) is 5.12. The van der Waals surface area contributed by atoms with E-state index in [2.05, 4.69) is 24.8 Å². The molecule has 0 saturated carbocycles. The molecule has 0 N–H and O–H groups in total. The van der Waals surface area contributed by atoms with Gasteiger partial charge in [0, 0.05) is 11.8 Å². The van der Waals surface area contributed by atoms with Crippen LogP contribution in [-0.2, 0) is 17.4 Å². The first-order valence-electron chi connectivity index (χ1n) is 2.00. The second-order valence-electron chi connectivity index (χ2n) is 1.42. The molecular formula is C5H10OS2. The van der Waals surface area contributed by atoms with Gasteiger partial charge in [-0.05, 0) is 13.8 Å². The Morgan fingerprint density at radius 2 is 2.00 bits per heavy atom. The molecule has 0 spiro atoms. The van der Waals surface area contributed by atoms with Gasteiger partial charge in [-0.1, -0.05) is 0 Å². The third-order valence-electron chi connectivity index (χ3n) is 0.332. The number of hydrogen-bond donors (Lipinski definition) is 0. The van der Waals surface area contributed by atoms with Gasteiger partial charge in [0.1, 0.15) is 0 Å². The molecular weight excluding hydrogens is 140 g/mol. The van der Waals surface area contributed by atoms with Crippen molar-refractivity contribution in [3.05, 3.63) is 7.43 Å². The highest BCUT2D eigenvalue weighted by molar-refractivity contribution is 7.99. The van der Waals surface area contributed by atoms with Crippen LogP contribution in [-0.4, -0.2) is 10.5 Å². The highest BCUT2D eigenvalue weighted by atomic mass is 32.1. The van der Waals surface area contributed by atoms with E-state index in [1.54, 1.807) is 0 Å². The van der Waals surface area contributed by atoms with Crippen molar-refractivity contribution in [3.8, 4) is 0 Å². The predicted molar refractivity (Wildman–Crippen MR) is 42.6 cm³/mol. The van der Waals surface area contributed by atoms with Crippen molar-refractivity contribution in [2.45, 2.75) is 20.0 Å². The van der Waals surface area contributed by atoms with Crippen LogP contribution in [0, 0.1) is 7.43 Å². The number of hydrogen-bond acceptors (Lipinski definition) is 3. The molecule has 3 heteroatoms. The lowest BCUT2D eigenvalue weighted by atomic mass is 10.5. The van der Waals surface area contributed by atoms with Gasteiger partial charge in [0.2, 0.25) is 0 Å². The van der Waals surface area contributed by atoms with E-state index in [0.29, 0.717) is 0 Å². The summed E-state index contributed by atoms with van der Waals surface area (Å²) >= 11 is 8.93. The molecule has 0 aliphatic heterocycles. The molecule has 0 heterocycles. The molecule has 0 bridgehead atoms. The lowest BCUT2D eigenvalue weighted by Crippen LogP contribution is -2.05. The van der Waals surface area contributed by atoms with Gasteiger partial charge in [-0.3, -0.25) is 0 Å². The van der Waals surface area contributed by atoms with Crippen LogP contribution in [0.5, 0.6) is 0 Å². The summed E-state index contributed by atoms with van der Waals surface area (Å²) in [6, 6.07) is 0. The standard InChI is InChI=1S/C4H8OS2.CH3/c1-3(2)5-4(6)7;/h3H,1-2H3,(H,6,7);1H3/q;+1/p-1. The summed E-state index contributed by atoms with van der Waals surface area (Å²) in [7, 11) is 0. The van der Waals surface area contributed by atoms with Crippen molar-refractivity contribution in [2.75, 3.05) is 0 Å². The van der Waals surface area contributed by atoms with E-state index >= 15 is 0 Å². The van der Waals surface area contributed by atoms with Gasteiger partial charge in [-0.2, -0.15) is 0 Å². The van der Waals surface area contributed by atoms with Crippen LogP contribution in [0.1, 0.15) is 13.8 Å². The van der Waals surface area contributed by atoms with Crippen molar-refractivity contribution >= 4 is 29.2 Å². The topological polar surface area (TPSA) is 9.23 Å². The minimum atomic E-state index is 0. The Labute approximate surface area is 61.8 Å². The van der Waals surface area contributed by atoms with E-state index in [9.17, 15) is 0 Å². The summed E-state index contributed by atoms with van der Waals surface area (Å²) in [4.78, 5) is 0. The Morgan fingerprint density at radius 3 is 2.00 bits per heavy atom. The summed E-state index contributed by atoms with van der Waals surface area (Å²) in [5, 5.41) is 0. The minimum absolute atomic E-state index is 0. The van der Waals surface area contributed by atoms with Crippen LogP contribution in [0.15, 0.2) is 0 Å². The molecule has 0 amide bonds. The average molecular weight is 150 g/mol. The molecule has 8 heavy (non-hydrogen) atoms. The zero-order valence-corrected chi connectivity index (χ0v) is 6.94. The Balaban J connectivity index is 0. The molecule has 0 aromatic rings. The van der Waals surface area contributed by atoms with Crippen LogP contribution >= 0.6 is 12.2 Å².